The van der Waals surface area contributed by atoms with Crippen LogP contribution in [0.5, 0.6) is 0 Å². The second kappa shape index (κ2) is 4.01. The van der Waals surface area contributed by atoms with Gasteiger partial charge in [-0.05, 0) is 33.2 Å². The summed E-state index contributed by atoms with van der Waals surface area (Å²) in [6.07, 6.45) is 2.22. The Kier molecular flexibility index (Phi) is 3.36. The van der Waals surface area contributed by atoms with E-state index in [0.717, 1.165) is 13.0 Å². The van der Waals surface area contributed by atoms with Gasteiger partial charge in [-0.1, -0.05) is 20.8 Å². The molecule has 2 heteroatoms. The lowest BCUT2D eigenvalue weighted by Crippen LogP contribution is -2.44. The molecule has 1 aliphatic rings. The van der Waals surface area contributed by atoms with Crippen LogP contribution in [0.2, 0.25) is 0 Å². The summed E-state index contributed by atoms with van der Waals surface area (Å²) in [4.78, 5) is 14.5. The lowest BCUT2D eigenvalue weighted by atomic mass is 9.85. The van der Waals surface area contributed by atoms with Gasteiger partial charge in [-0.3, -0.25) is 9.69 Å². The number of hydrogen-bond acceptors (Lipinski definition) is 2. The molecular weight excluding hydrogens is 174 g/mol. The van der Waals surface area contributed by atoms with Crippen LogP contribution in [0.15, 0.2) is 0 Å². The van der Waals surface area contributed by atoms with Crippen LogP contribution in [0.1, 0.15) is 47.5 Å². The van der Waals surface area contributed by atoms with Crippen molar-refractivity contribution in [3.05, 3.63) is 0 Å². The molecule has 0 aliphatic carbocycles. The minimum absolute atomic E-state index is 0.176. The van der Waals surface area contributed by atoms with Gasteiger partial charge in [-0.15, -0.1) is 0 Å². The second-order valence-electron chi connectivity index (χ2n) is 5.60. The number of likely N-dealkylation sites (tertiary alicyclic amines) is 1. The second-order valence-corrected chi connectivity index (χ2v) is 5.60. The van der Waals surface area contributed by atoms with Crippen molar-refractivity contribution in [1.82, 2.24) is 4.90 Å². The van der Waals surface area contributed by atoms with Crippen molar-refractivity contribution in [2.24, 2.45) is 5.41 Å². The first kappa shape index (κ1) is 11.7. The van der Waals surface area contributed by atoms with Crippen LogP contribution in [-0.2, 0) is 4.79 Å². The molecule has 0 radical (unpaired) electrons. The third kappa shape index (κ3) is 2.35. The molecule has 0 saturated carbocycles. The van der Waals surface area contributed by atoms with Crippen LogP contribution in [0.4, 0.5) is 0 Å². The maximum Gasteiger partial charge on any atom is 0.155 e. The number of hydrogen-bond donors (Lipinski definition) is 0. The maximum atomic E-state index is 12.1. The van der Waals surface area contributed by atoms with Gasteiger partial charge in [0.05, 0.1) is 6.04 Å². The Balaban J connectivity index is 2.72. The van der Waals surface area contributed by atoms with Crippen molar-refractivity contribution in [2.45, 2.75) is 59.5 Å². The summed E-state index contributed by atoms with van der Waals surface area (Å²) in [5.74, 6) is 0.406. The first-order chi connectivity index (χ1) is 6.34. The highest BCUT2D eigenvalue weighted by atomic mass is 16.1. The van der Waals surface area contributed by atoms with E-state index in [1.807, 2.05) is 20.8 Å². The van der Waals surface area contributed by atoms with E-state index < -0.39 is 0 Å². The van der Waals surface area contributed by atoms with Crippen molar-refractivity contribution in [1.29, 1.82) is 0 Å². The summed E-state index contributed by atoms with van der Waals surface area (Å²) in [6, 6.07) is 0.670. The van der Waals surface area contributed by atoms with E-state index in [2.05, 4.69) is 18.7 Å². The predicted octanol–water partition coefficient (Wildman–Crippen LogP) is 2.47. The molecule has 14 heavy (non-hydrogen) atoms. The predicted molar refractivity (Wildman–Crippen MR) is 59.3 cm³/mol. The highest BCUT2D eigenvalue weighted by molar-refractivity contribution is 5.89. The van der Waals surface area contributed by atoms with Gasteiger partial charge < -0.3 is 0 Å². The average molecular weight is 197 g/mol. The summed E-state index contributed by atoms with van der Waals surface area (Å²) >= 11 is 0. The van der Waals surface area contributed by atoms with Crippen molar-refractivity contribution in [3.63, 3.8) is 0 Å². The van der Waals surface area contributed by atoms with Crippen LogP contribution in [0.25, 0.3) is 0 Å². The fourth-order valence-electron chi connectivity index (χ4n) is 2.19. The van der Waals surface area contributed by atoms with Gasteiger partial charge in [0.15, 0.2) is 5.78 Å². The van der Waals surface area contributed by atoms with Gasteiger partial charge in [0, 0.05) is 11.5 Å². The van der Waals surface area contributed by atoms with Gasteiger partial charge in [0.2, 0.25) is 0 Å². The van der Waals surface area contributed by atoms with E-state index in [1.165, 1.54) is 6.42 Å². The minimum Gasteiger partial charge on any atom is -0.297 e. The molecule has 1 heterocycles. The molecule has 0 spiro atoms. The van der Waals surface area contributed by atoms with E-state index in [-0.39, 0.29) is 11.5 Å². The van der Waals surface area contributed by atoms with E-state index in [4.69, 9.17) is 0 Å². The molecule has 0 aromatic heterocycles. The quantitative estimate of drug-likeness (QED) is 0.678. The Morgan fingerprint density at radius 1 is 1.36 bits per heavy atom. The number of carbonyl (C=O) groups excluding carboxylic acids is 1. The third-order valence-corrected chi connectivity index (χ3v) is 3.00. The Hall–Kier alpha value is -0.370. The number of carbonyl (C=O) groups is 1. The number of Topliss-reactive ketones (excluding diaryl/α,β-unsaturated/α-hetero) is 1. The summed E-state index contributed by atoms with van der Waals surface area (Å²) in [5.41, 5.74) is -0.192. The van der Waals surface area contributed by atoms with Crippen molar-refractivity contribution in [2.75, 3.05) is 6.54 Å². The minimum atomic E-state index is -0.192. The standard InChI is InChI=1S/C12H23NO/c1-9(2)13-8-6-7-10(13)11(14)12(3,4)5/h9-10H,6-8H2,1-5H3/t10-/m1/s1. The molecule has 0 aromatic rings. The highest BCUT2D eigenvalue weighted by Crippen LogP contribution is 2.27. The molecule has 0 bridgehead atoms. The zero-order valence-electron chi connectivity index (χ0n) is 10.1. The van der Waals surface area contributed by atoms with Crippen molar-refractivity contribution < 1.29 is 4.79 Å². The number of nitrogens with zero attached hydrogens (tertiary/aromatic N) is 1. The summed E-state index contributed by atoms with van der Waals surface area (Å²) in [6.45, 7) is 11.5. The van der Waals surface area contributed by atoms with E-state index in [0.29, 0.717) is 11.8 Å². The Morgan fingerprint density at radius 2 is 1.93 bits per heavy atom. The van der Waals surface area contributed by atoms with Crippen LogP contribution in [-0.4, -0.2) is 29.3 Å². The SMILES string of the molecule is CC(C)N1CCC[C@@H]1C(=O)C(C)(C)C. The van der Waals surface area contributed by atoms with Gasteiger partial charge in [-0.25, -0.2) is 0 Å². The Labute approximate surface area is 87.7 Å². The molecule has 1 atom stereocenters. The maximum absolute atomic E-state index is 12.1. The van der Waals surface area contributed by atoms with Crippen LogP contribution in [0.3, 0.4) is 0 Å². The molecule has 0 amide bonds. The molecular formula is C12H23NO. The number of ketones is 1. The molecule has 1 fully saturated rings. The van der Waals surface area contributed by atoms with Gasteiger partial charge >= 0.3 is 0 Å². The van der Waals surface area contributed by atoms with Gasteiger partial charge in [0.1, 0.15) is 0 Å². The first-order valence-electron chi connectivity index (χ1n) is 5.64. The molecule has 1 rings (SSSR count). The van der Waals surface area contributed by atoms with E-state index >= 15 is 0 Å². The zero-order valence-corrected chi connectivity index (χ0v) is 10.1. The summed E-state index contributed by atoms with van der Waals surface area (Å²) < 4.78 is 0. The Bertz CT molecular complexity index is 215. The fourth-order valence-corrected chi connectivity index (χ4v) is 2.19. The molecule has 0 N–H and O–H groups in total. The lowest BCUT2D eigenvalue weighted by Gasteiger charge is -2.31. The largest absolute Gasteiger partial charge is 0.297 e. The topological polar surface area (TPSA) is 20.3 Å². The first-order valence-corrected chi connectivity index (χ1v) is 5.64. The number of rotatable bonds is 2. The van der Waals surface area contributed by atoms with Crippen LogP contribution < -0.4 is 0 Å². The molecule has 1 saturated heterocycles. The normalized spacial score (nSPS) is 24.6. The van der Waals surface area contributed by atoms with E-state index in [9.17, 15) is 4.79 Å². The smallest absolute Gasteiger partial charge is 0.155 e. The molecule has 82 valence electrons. The molecule has 0 aromatic carbocycles. The van der Waals surface area contributed by atoms with E-state index in [1.54, 1.807) is 0 Å². The average Bonchev–Trinajstić information content (AvgIpc) is 2.48. The zero-order chi connectivity index (χ0) is 10.9. The molecule has 1 aliphatic heterocycles. The fraction of sp³-hybridized carbons (Fsp3) is 0.917. The summed E-state index contributed by atoms with van der Waals surface area (Å²) in [7, 11) is 0. The third-order valence-electron chi connectivity index (χ3n) is 3.00. The monoisotopic (exact) mass is 197 g/mol. The van der Waals surface area contributed by atoms with Crippen LogP contribution >= 0.6 is 0 Å². The van der Waals surface area contributed by atoms with Gasteiger partial charge in [-0.2, -0.15) is 0 Å². The highest BCUT2D eigenvalue weighted by Gasteiger charge is 2.37. The summed E-state index contributed by atoms with van der Waals surface area (Å²) in [5, 5.41) is 0. The lowest BCUT2D eigenvalue weighted by molar-refractivity contribution is -0.131. The van der Waals surface area contributed by atoms with Crippen LogP contribution in [0, 0.1) is 5.41 Å². The van der Waals surface area contributed by atoms with Crippen molar-refractivity contribution in [3.8, 4) is 0 Å². The Morgan fingerprint density at radius 3 is 2.36 bits per heavy atom. The van der Waals surface area contributed by atoms with Crippen molar-refractivity contribution >= 4 is 5.78 Å². The molecule has 0 unspecified atom stereocenters. The molecule has 2 nitrogen and oxygen atoms in total. The van der Waals surface area contributed by atoms with Gasteiger partial charge in [0.25, 0.3) is 0 Å².